The summed E-state index contributed by atoms with van der Waals surface area (Å²) in [6.07, 6.45) is 6.34. The molecule has 3 heterocycles. The number of fused-ring (bicyclic) bond motifs is 1. The lowest BCUT2D eigenvalue weighted by molar-refractivity contribution is -0.131. The minimum atomic E-state index is -3.96. The first kappa shape index (κ1) is 26.1. The number of carbonyl (C=O) groups excluding carboxylic acids is 2. The molecule has 3 aromatic rings. The zero-order chi connectivity index (χ0) is 26.5. The molecule has 10 heteroatoms. The average Bonchev–Trinajstić information content (AvgIpc) is 2.94. The van der Waals surface area contributed by atoms with Crippen molar-refractivity contribution in [2.75, 3.05) is 37.6 Å². The fourth-order valence-electron chi connectivity index (χ4n) is 5.34. The molecule has 2 N–H and O–H groups in total. The Morgan fingerprint density at radius 2 is 1.74 bits per heavy atom. The van der Waals surface area contributed by atoms with Gasteiger partial charge >= 0.3 is 0 Å². The maximum absolute atomic E-state index is 13.5. The van der Waals surface area contributed by atoms with Crippen LogP contribution in [0, 0.1) is 5.92 Å². The molecule has 9 nitrogen and oxygen atoms in total. The third-order valence-corrected chi connectivity index (χ3v) is 9.41. The van der Waals surface area contributed by atoms with Gasteiger partial charge in [0.15, 0.2) is 0 Å². The summed E-state index contributed by atoms with van der Waals surface area (Å²) in [5.41, 5.74) is 1.18. The molecule has 1 atom stereocenters. The summed E-state index contributed by atoms with van der Waals surface area (Å²) in [6, 6.07) is 15.4. The van der Waals surface area contributed by atoms with Crippen molar-refractivity contribution in [3.63, 3.8) is 0 Å². The van der Waals surface area contributed by atoms with Gasteiger partial charge in [-0.15, -0.1) is 0 Å². The number of anilines is 1. The van der Waals surface area contributed by atoms with Crippen LogP contribution in [0.5, 0.6) is 0 Å². The Morgan fingerprint density at radius 1 is 1.00 bits per heavy atom. The lowest BCUT2D eigenvalue weighted by Crippen LogP contribution is -2.58. The summed E-state index contributed by atoms with van der Waals surface area (Å²) < 4.78 is 28.2. The van der Waals surface area contributed by atoms with Crippen molar-refractivity contribution in [3.8, 4) is 0 Å². The Balaban J connectivity index is 1.16. The number of aromatic nitrogens is 1. The maximum Gasteiger partial charge on any atom is 0.243 e. The molecule has 0 aliphatic carbocycles. The number of piperidine rings is 1. The van der Waals surface area contributed by atoms with Gasteiger partial charge in [-0.3, -0.25) is 14.6 Å². The molecule has 0 spiro atoms. The topological polar surface area (TPSA) is 112 Å². The van der Waals surface area contributed by atoms with Crippen molar-refractivity contribution in [2.24, 2.45) is 5.92 Å². The first-order valence-electron chi connectivity index (χ1n) is 13.1. The van der Waals surface area contributed by atoms with E-state index in [0.717, 1.165) is 43.1 Å². The van der Waals surface area contributed by atoms with Gasteiger partial charge in [0.1, 0.15) is 6.04 Å². The highest BCUT2D eigenvalue weighted by molar-refractivity contribution is 7.89. The van der Waals surface area contributed by atoms with E-state index in [0.29, 0.717) is 12.5 Å². The van der Waals surface area contributed by atoms with E-state index in [1.807, 2.05) is 36.4 Å². The molecule has 2 aliphatic heterocycles. The number of sulfonamides is 1. The summed E-state index contributed by atoms with van der Waals surface area (Å²) in [4.78, 5) is 32.0. The molecule has 2 fully saturated rings. The Morgan fingerprint density at radius 3 is 2.50 bits per heavy atom. The molecular weight excluding hydrogens is 502 g/mol. The molecule has 0 bridgehead atoms. The number of carbonyl (C=O) groups is 2. The lowest BCUT2D eigenvalue weighted by Gasteiger charge is -2.34. The standard InChI is InChI=1S/C28H33N5O4S/c34-27(30-14-7-21-10-16-32(17-11-21)24-8-12-29-13-9-24)20-26-28(35)31-15-18-33(26)38(36,37)25-6-5-22-3-1-2-4-23(22)19-25/h1-6,8-9,12-13,19,21,26H,7,10-11,14-18,20H2,(H,30,34)(H,31,35)/t26-/m1/s1. The minimum Gasteiger partial charge on any atom is -0.371 e. The van der Waals surface area contributed by atoms with Crippen molar-refractivity contribution in [1.29, 1.82) is 0 Å². The highest BCUT2D eigenvalue weighted by Crippen LogP contribution is 2.26. The molecule has 2 aromatic carbocycles. The monoisotopic (exact) mass is 535 g/mol. The second kappa shape index (κ2) is 11.5. The van der Waals surface area contributed by atoms with E-state index in [4.69, 9.17) is 0 Å². The lowest BCUT2D eigenvalue weighted by atomic mass is 9.93. The van der Waals surface area contributed by atoms with Gasteiger partial charge in [0.05, 0.1) is 11.3 Å². The second-order valence-corrected chi connectivity index (χ2v) is 11.8. The first-order valence-corrected chi connectivity index (χ1v) is 14.6. The van der Waals surface area contributed by atoms with Crippen molar-refractivity contribution >= 4 is 38.3 Å². The van der Waals surface area contributed by atoms with Crippen LogP contribution in [0.4, 0.5) is 5.69 Å². The molecule has 2 saturated heterocycles. The molecule has 0 saturated carbocycles. The van der Waals surface area contributed by atoms with Gasteiger partial charge in [-0.1, -0.05) is 30.3 Å². The number of hydrogen-bond donors (Lipinski definition) is 2. The Kier molecular flexibility index (Phi) is 7.90. The SMILES string of the molecule is O=C(C[C@@H]1C(=O)NCCN1S(=O)(=O)c1ccc2ccccc2c1)NCCC1CCN(c2ccncc2)CC1. The summed E-state index contributed by atoms with van der Waals surface area (Å²) in [5, 5.41) is 7.36. The molecule has 0 unspecified atom stereocenters. The van der Waals surface area contributed by atoms with E-state index in [1.165, 1.54) is 9.99 Å². The summed E-state index contributed by atoms with van der Waals surface area (Å²) in [5.74, 6) is -0.254. The van der Waals surface area contributed by atoms with Gasteiger partial charge in [0.2, 0.25) is 21.8 Å². The van der Waals surface area contributed by atoms with Crippen LogP contribution in [0.25, 0.3) is 10.8 Å². The fraction of sp³-hybridized carbons (Fsp3) is 0.393. The Bertz CT molecular complexity index is 1390. The third-order valence-electron chi connectivity index (χ3n) is 7.51. The molecule has 5 rings (SSSR count). The molecule has 1 aromatic heterocycles. The van der Waals surface area contributed by atoms with Gasteiger partial charge in [-0.25, -0.2) is 8.42 Å². The number of hydrogen-bond acceptors (Lipinski definition) is 6. The van der Waals surface area contributed by atoms with Gasteiger partial charge in [-0.2, -0.15) is 4.31 Å². The number of amides is 2. The van der Waals surface area contributed by atoms with Crippen molar-refractivity contribution < 1.29 is 18.0 Å². The molecule has 2 aliphatic rings. The summed E-state index contributed by atoms with van der Waals surface area (Å²) in [6.45, 7) is 2.76. The Labute approximate surface area is 223 Å². The molecule has 0 radical (unpaired) electrons. The zero-order valence-corrected chi connectivity index (χ0v) is 22.1. The number of piperazine rings is 1. The van der Waals surface area contributed by atoms with Crippen LogP contribution in [-0.4, -0.2) is 68.3 Å². The van der Waals surface area contributed by atoms with Gasteiger partial charge < -0.3 is 15.5 Å². The van der Waals surface area contributed by atoms with E-state index in [-0.39, 0.29) is 30.3 Å². The fourth-order valence-corrected chi connectivity index (χ4v) is 6.96. The number of rotatable bonds is 8. The highest BCUT2D eigenvalue weighted by Gasteiger charge is 2.39. The van der Waals surface area contributed by atoms with Crippen LogP contribution in [0.1, 0.15) is 25.7 Å². The predicted octanol–water partition coefficient (Wildman–Crippen LogP) is 2.54. The molecule has 200 valence electrons. The Hall–Kier alpha value is -3.50. The summed E-state index contributed by atoms with van der Waals surface area (Å²) in [7, 11) is -3.96. The van der Waals surface area contributed by atoms with E-state index in [1.54, 1.807) is 30.6 Å². The molecule has 2 amide bonds. The van der Waals surface area contributed by atoms with Crippen molar-refractivity contribution in [2.45, 2.75) is 36.6 Å². The normalized spacial score (nSPS) is 19.3. The van der Waals surface area contributed by atoms with Crippen LogP contribution in [0.3, 0.4) is 0 Å². The van der Waals surface area contributed by atoms with Gasteiger partial charge in [0, 0.05) is 50.8 Å². The number of nitrogens with zero attached hydrogens (tertiary/aromatic N) is 3. The van der Waals surface area contributed by atoms with Crippen molar-refractivity contribution in [3.05, 3.63) is 67.0 Å². The maximum atomic E-state index is 13.5. The second-order valence-electron chi connectivity index (χ2n) is 9.91. The van der Waals surface area contributed by atoms with E-state index >= 15 is 0 Å². The number of pyridine rings is 1. The third kappa shape index (κ3) is 5.81. The van der Waals surface area contributed by atoms with Crippen LogP contribution in [0.15, 0.2) is 71.9 Å². The summed E-state index contributed by atoms with van der Waals surface area (Å²) >= 11 is 0. The van der Waals surface area contributed by atoms with Crippen molar-refractivity contribution in [1.82, 2.24) is 19.9 Å². The number of benzene rings is 2. The van der Waals surface area contributed by atoms with Crippen LogP contribution >= 0.6 is 0 Å². The average molecular weight is 536 g/mol. The van der Waals surface area contributed by atoms with Crippen LogP contribution < -0.4 is 15.5 Å². The molecule has 38 heavy (non-hydrogen) atoms. The highest BCUT2D eigenvalue weighted by atomic mass is 32.2. The van der Waals surface area contributed by atoms with E-state index in [9.17, 15) is 18.0 Å². The quantitative estimate of drug-likeness (QED) is 0.459. The predicted molar refractivity (Wildman–Crippen MR) is 146 cm³/mol. The first-order chi connectivity index (χ1) is 18.4. The van der Waals surface area contributed by atoms with Gasteiger partial charge in [0.25, 0.3) is 0 Å². The zero-order valence-electron chi connectivity index (χ0n) is 21.3. The van der Waals surface area contributed by atoms with E-state index in [2.05, 4.69) is 20.5 Å². The molecular formula is C28H33N5O4S. The van der Waals surface area contributed by atoms with Gasteiger partial charge in [-0.05, 0) is 60.2 Å². The van der Waals surface area contributed by atoms with Crippen LogP contribution in [0.2, 0.25) is 0 Å². The smallest absolute Gasteiger partial charge is 0.243 e. The van der Waals surface area contributed by atoms with Crippen LogP contribution in [-0.2, 0) is 19.6 Å². The number of nitrogens with one attached hydrogen (secondary N) is 2. The van der Waals surface area contributed by atoms with E-state index < -0.39 is 22.0 Å². The largest absolute Gasteiger partial charge is 0.371 e. The minimum absolute atomic E-state index is 0.120.